The van der Waals surface area contributed by atoms with Gasteiger partial charge in [-0.25, -0.2) is 9.50 Å². The van der Waals surface area contributed by atoms with Crippen LogP contribution >= 0.6 is 0 Å². The number of H-pyrrole nitrogens is 1. The Hall–Kier alpha value is -2.17. The lowest BCUT2D eigenvalue weighted by Gasteiger charge is -2.33. The second-order valence-corrected chi connectivity index (χ2v) is 6.66. The quantitative estimate of drug-likeness (QED) is 0.890. The van der Waals surface area contributed by atoms with E-state index < -0.39 is 0 Å². The van der Waals surface area contributed by atoms with E-state index in [1.807, 2.05) is 0 Å². The lowest BCUT2D eigenvalue weighted by atomic mass is 9.82. The molecule has 120 valence electrons. The fourth-order valence-electron chi connectivity index (χ4n) is 3.82. The third kappa shape index (κ3) is 2.54. The number of ether oxygens (including phenoxy) is 1. The summed E-state index contributed by atoms with van der Waals surface area (Å²) >= 11 is 0. The van der Waals surface area contributed by atoms with Crippen molar-refractivity contribution in [2.75, 3.05) is 26.3 Å². The molecule has 0 amide bonds. The highest BCUT2D eigenvalue weighted by Crippen LogP contribution is 2.38. The van der Waals surface area contributed by atoms with Gasteiger partial charge in [0.05, 0.1) is 12.3 Å². The molecule has 0 aromatic carbocycles. The van der Waals surface area contributed by atoms with Gasteiger partial charge in [0.25, 0.3) is 5.56 Å². The first-order chi connectivity index (χ1) is 11.2. The highest BCUT2D eigenvalue weighted by atomic mass is 16.5. The molecule has 0 saturated carbocycles. The van der Waals surface area contributed by atoms with Crippen LogP contribution in [0.2, 0.25) is 0 Å². The maximum Gasteiger partial charge on any atom is 0.272 e. The Balaban J connectivity index is 1.56. The van der Waals surface area contributed by atoms with E-state index in [-0.39, 0.29) is 11.0 Å². The van der Waals surface area contributed by atoms with Crippen LogP contribution in [0.15, 0.2) is 17.1 Å². The van der Waals surface area contributed by atoms with Crippen LogP contribution in [0, 0.1) is 16.7 Å². The van der Waals surface area contributed by atoms with Crippen molar-refractivity contribution in [2.24, 2.45) is 5.41 Å². The minimum Gasteiger partial charge on any atom is -0.381 e. The van der Waals surface area contributed by atoms with Gasteiger partial charge in [-0.15, -0.1) is 0 Å². The number of nitrogens with one attached hydrogen (secondary N) is 1. The number of fused-ring (bicyclic) bond motifs is 1. The summed E-state index contributed by atoms with van der Waals surface area (Å²) in [4.78, 5) is 19.0. The number of aromatic amines is 1. The van der Waals surface area contributed by atoms with E-state index in [2.05, 4.69) is 21.1 Å². The minimum atomic E-state index is -0.179. The second kappa shape index (κ2) is 5.48. The largest absolute Gasteiger partial charge is 0.381 e. The summed E-state index contributed by atoms with van der Waals surface area (Å²) in [5.74, 6) is 0. The van der Waals surface area contributed by atoms with E-state index in [1.54, 1.807) is 6.07 Å². The van der Waals surface area contributed by atoms with Gasteiger partial charge in [0, 0.05) is 37.4 Å². The molecule has 4 rings (SSSR count). The summed E-state index contributed by atoms with van der Waals surface area (Å²) in [6, 6.07) is 3.61. The zero-order chi connectivity index (χ0) is 15.9. The number of nitrogens with zero attached hydrogens (tertiary/aromatic N) is 4. The predicted molar refractivity (Wildman–Crippen MR) is 82.9 cm³/mol. The van der Waals surface area contributed by atoms with Crippen molar-refractivity contribution < 1.29 is 4.74 Å². The van der Waals surface area contributed by atoms with E-state index in [0.29, 0.717) is 17.8 Å². The van der Waals surface area contributed by atoms with Crippen LogP contribution in [-0.4, -0.2) is 45.8 Å². The molecule has 1 unspecified atom stereocenters. The Morgan fingerprint density at radius 3 is 3.17 bits per heavy atom. The molecule has 2 aromatic rings. The zero-order valence-electron chi connectivity index (χ0n) is 12.9. The molecule has 2 saturated heterocycles. The van der Waals surface area contributed by atoms with Crippen molar-refractivity contribution in [1.29, 1.82) is 5.26 Å². The van der Waals surface area contributed by atoms with Crippen molar-refractivity contribution in [3.63, 3.8) is 0 Å². The molecule has 0 radical (unpaired) electrons. The lowest BCUT2D eigenvalue weighted by Crippen LogP contribution is -2.35. The maximum atomic E-state index is 12.1. The van der Waals surface area contributed by atoms with Crippen LogP contribution in [0.5, 0.6) is 0 Å². The van der Waals surface area contributed by atoms with Crippen LogP contribution in [-0.2, 0) is 11.3 Å². The maximum absolute atomic E-state index is 12.1. The van der Waals surface area contributed by atoms with Crippen molar-refractivity contribution >= 4 is 5.65 Å². The highest BCUT2D eigenvalue weighted by molar-refractivity contribution is 5.53. The molecule has 1 spiro atoms. The monoisotopic (exact) mass is 313 g/mol. The molecule has 23 heavy (non-hydrogen) atoms. The van der Waals surface area contributed by atoms with E-state index in [9.17, 15) is 4.79 Å². The van der Waals surface area contributed by atoms with E-state index in [4.69, 9.17) is 10.00 Å². The van der Waals surface area contributed by atoms with Gasteiger partial charge in [0.15, 0.2) is 5.65 Å². The second-order valence-electron chi connectivity index (χ2n) is 6.66. The van der Waals surface area contributed by atoms with Gasteiger partial charge in [0.2, 0.25) is 0 Å². The molecule has 0 aliphatic carbocycles. The van der Waals surface area contributed by atoms with E-state index in [0.717, 1.165) is 44.8 Å². The third-order valence-electron chi connectivity index (χ3n) is 4.98. The molecule has 2 aliphatic heterocycles. The predicted octanol–water partition coefficient (Wildman–Crippen LogP) is 0.897. The fourth-order valence-corrected chi connectivity index (χ4v) is 3.82. The molecule has 7 nitrogen and oxygen atoms in total. The molecule has 7 heteroatoms. The average molecular weight is 313 g/mol. The Labute approximate surface area is 133 Å². The number of aromatic nitrogens is 3. The summed E-state index contributed by atoms with van der Waals surface area (Å²) in [6.45, 7) is 4.36. The Bertz CT molecular complexity index is 825. The molecule has 1 N–H and O–H groups in total. The van der Waals surface area contributed by atoms with Gasteiger partial charge >= 0.3 is 0 Å². The Morgan fingerprint density at radius 1 is 1.48 bits per heavy atom. The van der Waals surface area contributed by atoms with Gasteiger partial charge in [-0.2, -0.15) is 5.26 Å². The van der Waals surface area contributed by atoms with Gasteiger partial charge in [-0.3, -0.25) is 14.8 Å². The summed E-state index contributed by atoms with van der Waals surface area (Å²) < 4.78 is 6.97. The van der Waals surface area contributed by atoms with E-state index >= 15 is 0 Å². The van der Waals surface area contributed by atoms with Gasteiger partial charge in [-0.05, 0) is 25.8 Å². The third-order valence-corrected chi connectivity index (χ3v) is 4.98. The minimum absolute atomic E-state index is 0.179. The van der Waals surface area contributed by atoms with Crippen LogP contribution in [0.4, 0.5) is 0 Å². The fraction of sp³-hybridized carbons (Fsp3) is 0.562. The smallest absolute Gasteiger partial charge is 0.272 e. The van der Waals surface area contributed by atoms with Gasteiger partial charge < -0.3 is 4.74 Å². The SMILES string of the molecule is N#Cc1c[nH]n2c(=O)cc(CN3CCC4(CCCOC4)C3)nc12. The van der Waals surface area contributed by atoms with Crippen molar-refractivity contribution in [2.45, 2.75) is 25.8 Å². The first kappa shape index (κ1) is 14.4. The van der Waals surface area contributed by atoms with Crippen LogP contribution in [0.1, 0.15) is 30.5 Å². The van der Waals surface area contributed by atoms with Crippen LogP contribution < -0.4 is 5.56 Å². The topological polar surface area (TPSA) is 86.4 Å². The highest BCUT2D eigenvalue weighted by Gasteiger charge is 2.39. The lowest BCUT2D eigenvalue weighted by molar-refractivity contribution is -0.00253. The van der Waals surface area contributed by atoms with Crippen LogP contribution in [0.25, 0.3) is 5.65 Å². The standard InChI is InChI=1S/C16H19N5O2/c17-7-12-8-18-21-14(22)6-13(19-15(12)21)9-20-4-3-16(10-20)2-1-5-23-11-16/h6,8,18H,1-5,9-11H2. The summed E-state index contributed by atoms with van der Waals surface area (Å²) in [5, 5.41) is 11.9. The molecule has 2 aromatic heterocycles. The molecule has 1 atom stereocenters. The number of nitriles is 1. The molecule has 2 aliphatic rings. The molecular weight excluding hydrogens is 294 g/mol. The first-order valence-electron chi connectivity index (χ1n) is 7.99. The Morgan fingerprint density at radius 2 is 2.39 bits per heavy atom. The molecule has 2 fully saturated rings. The van der Waals surface area contributed by atoms with Gasteiger partial charge in [-0.1, -0.05) is 0 Å². The summed E-state index contributed by atoms with van der Waals surface area (Å²) in [6.07, 6.45) is 5.00. The van der Waals surface area contributed by atoms with Gasteiger partial charge in [0.1, 0.15) is 11.6 Å². The Kier molecular flexibility index (Phi) is 3.43. The molecule has 0 bridgehead atoms. The number of hydrogen-bond acceptors (Lipinski definition) is 5. The van der Waals surface area contributed by atoms with Crippen molar-refractivity contribution in [3.8, 4) is 6.07 Å². The number of likely N-dealkylation sites (tertiary alicyclic amines) is 1. The van der Waals surface area contributed by atoms with E-state index in [1.165, 1.54) is 17.1 Å². The van der Waals surface area contributed by atoms with Crippen molar-refractivity contribution in [1.82, 2.24) is 19.5 Å². The molecule has 4 heterocycles. The van der Waals surface area contributed by atoms with Crippen molar-refractivity contribution in [3.05, 3.63) is 33.9 Å². The zero-order valence-corrected chi connectivity index (χ0v) is 12.9. The normalized spacial score (nSPS) is 25.2. The van der Waals surface area contributed by atoms with Crippen LogP contribution in [0.3, 0.4) is 0 Å². The summed E-state index contributed by atoms with van der Waals surface area (Å²) in [7, 11) is 0. The average Bonchev–Trinajstić information content (AvgIpc) is 3.13. The molecular formula is C16H19N5O2. The number of hydrogen-bond donors (Lipinski definition) is 1. The number of rotatable bonds is 2. The first-order valence-corrected chi connectivity index (χ1v) is 7.99. The summed E-state index contributed by atoms with van der Waals surface area (Å²) in [5.41, 5.74) is 1.62.